The molecule has 3 atom stereocenters. The predicted octanol–water partition coefficient (Wildman–Crippen LogP) is 4.59. The minimum atomic E-state index is -3.95. The monoisotopic (exact) mass is 537 g/mol. The summed E-state index contributed by atoms with van der Waals surface area (Å²) in [5, 5.41) is 12.7. The Morgan fingerprint density at radius 2 is 1.82 bits per heavy atom. The number of fused-ring (bicyclic) bond motifs is 1. The highest BCUT2D eigenvalue weighted by atomic mass is 32.2. The lowest BCUT2D eigenvalue weighted by molar-refractivity contribution is 0.0830. The average Bonchev–Trinajstić information content (AvgIpc) is 2.90. The molecule has 0 aliphatic carbocycles. The number of aryl methyl sites for hydroxylation is 1. The summed E-state index contributed by atoms with van der Waals surface area (Å²) in [5.41, 5.74) is 3.54. The van der Waals surface area contributed by atoms with E-state index in [2.05, 4.69) is 5.32 Å². The molecule has 1 aliphatic heterocycles. The van der Waals surface area contributed by atoms with Gasteiger partial charge in [-0.2, -0.15) is 4.31 Å². The third-order valence-electron chi connectivity index (χ3n) is 6.95. The number of nitrogens with one attached hydrogen (secondary N) is 1. The van der Waals surface area contributed by atoms with E-state index in [-0.39, 0.29) is 42.3 Å². The van der Waals surface area contributed by atoms with Crippen LogP contribution in [0.25, 0.3) is 11.1 Å². The fourth-order valence-corrected chi connectivity index (χ4v) is 6.43. The third kappa shape index (κ3) is 5.85. The lowest BCUT2D eigenvalue weighted by Crippen LogP contribution is -2.50. The second-order valence-corrected chi connectivity index (χ2v) is 11.8. The Bertz CT molecular complexity index is 1380. The molecule has 0 radical (unpaired) electrons. The molecule has 1 aliphatic rings. The highest BCUT2D eigenvalue weighted by molar-refractivity contribution is 7.89. The van der Waals surface area contributed by atoms with E-state index in [1.165, 1.54) is 9.21 Å². The highest BCUT2D eigenvalue weighted by Crippen LogP contribution is 2.37. The molecule has 4 rings (SSSR count). The number of aliphatic hydroxyl groups is 1. The van der Waals surface area contributed by atoms with Crippen LogP contribution in [0.4, 0.5) is 10.5 Å². The molecule has 0 spiro atoms. The van der Waals surface area contributed by atoms with Crippen LogP contribution >= 0.6 is 0 Å². The molecule has 0 fully saturated rings. The van der Waals surface area contributed by atoms with Gasteiger partial charge < -0.3 is 20.1 Å². The van der Waals surface area contributed by atoms with Gasteiger partial charge in [-0.3, -0.25) is 0 Å². The zero-order valence-electron chi connectivity index (χ0n) is 22.2. The number of benzene rings is 3. The van der Waals surface area contributed by atoms with Gasteiger partial charge in [-0.25, -0.2) is 13.2 Å². The van der Waals surface area contributed by atoms with E-state index in [9.17, 15) is 18.3 Å². The Kier molecular flexibility index (Phi) is 8.40. The number of sulfonamides is 1. The van der Waals surface area contributed by atoms with Crippen molar-refractivity contribution in [3.8, 4) is 16.9 Å². The maximum atomic E-state index is 13.7. The van der Waals surface area contributed by atoms with Gasteiger partial charge in [0.05, 0.1) is 13.2 Å². The minimum Gasteiger partial charge on any atom is -0.487 e. The standard InChI is InChI=1S/C29H35N3O5S/c1-20-10-8-9-13-25(20)23-14-15-28-26(16-23)37-27(21(2)17-32(22(3)19-33)38(28,35)36)18-31(4)29(34)30-24-11-6-5-7-12-24/h5-16,21-22,27,33H,17-19H2,1-4H3,(H,30,34)/t21-,22-,27+/m0/s1. The van der Waals surface area contributed by atoms with Gasteiger partial charge in [0.2, 0.25) is 10.0 Å². The van der Waals surface area contributed by atoms with Crippen molar-refractivity contribution in [3.05, 3.63) is 78.4 Å². The SMILES string of the molecule is Cc1ccccc1-c1ccc2c(c1)O[C@H](CN(C)C(=O)Nc1ccccc1)[C@@H](C)CN([C@@H](C)CO)S2(=O)=O. The average molecular weight is 538 g/mol. The van der Waals surface area contributed by atoms with E-state index in [1.54, 1.807) is 32.2 Å². The van der Waals surface area contributed by atoms with Gasteiger partial charge in [0.1, 0.15) is 16.7 Å². The quantitative estimate of drug-likeness (QED) is 0.479. The van der Waals surface area contributed by atoms with E-state index in [4.69, 9.17) is 4.74 Å². The van der Waals surface area contributed by atoms with Crippen LogP contribution in [0, 0.1) is 12.8 Å². The van der Waals surface area contributed by atoms with Crippen molar-refractivity contribution in [2.75, 3.05) is 32.1 Å². The molecule has 3 aromatic rings. The molecule has 0 saturated carbocycles. The number of amides is 2. The van der Waals surface area contributed by atoms with Crippen LogP contribution in [-0.4, -0.2) is 67.7 Å². The number of hydrogen-bond donors (Lipinski definition) is 2. The largest absolute Gasteiger partial charge is 0.487 e. The summed E-state index contributed by atoms with van der Waals surface area (Å²) in [5.74, 6) is -0.0460. The number of rotatable bonds is 6. The van der Waals surface area contributed by atoms with E-state index >= 15 is 0 Å². The van der Waals surface area contributed by atoms with Gasteiger partial charge in [-0.15, -0.1) is 0 Å². The van der Waals surface area contributed by atoms with Crippen LogP contribution in [0.1, 0.15) is 19.4 Å². The van der Waals surface area contributed by atoms with Crippen LogP contribution in [0.5, 0.6) is 5.75 Å². The first-order valence-corrected chi connectivity index (χ1v) is 14.1. The zero-order valence-corrected chi connectivity index (χ0v) is 23.0. The summed E-state index contributed by atoms with van der Waals surface area (Å²) >= 11 is 0. The molecular weight excluding hydrogens is 502 g/mol. The smallest absolute Gasteiger partial charge is 0.321 e. The lowest BCUT2D eigenvalue weighted by Gasteiger charge is -2.37. The summed E-state index contributed by atoms with van der Waals surface area (Å²) < 4.78 is 35.2. The maximum absolute atomic E-state index is 13.7. The molecule has 2 N–H and O–H groups in total. The Labute approximate surface area is 224 Å². The molecule has 38 heavy (non-hydrogen) atoms. The topological polar surface area (TPSA) is 99.2 Å². The molecule has 2 amide bonds. The zero-order chi connectivity index (χ0) is 27.4. The van der Waals surface area contributed by atoms with Crippen molar-refractivity contribution in [1.82, 2.24) is 9.21 Å². The van der Waals surface area contributed by atoms with E-state index < -0.39 is 22.2 Å². The van der Waals surface area contributed by atoms with Crippen molar-refractivity contribution in [3.63, 3.8) is 0 Å². The number of hydrogen-bond acceptors (Lipinski definition) is 5. The van der Waals surface area contributed by atoms with Crippen LogP contribution < -0.4 is 10.1 Å². The number of para-hydroxylation sites is 1. The van der Waals surface area contributed by atoms with Crippen LogP contribution in [0.3, 0.4) is 0 Å². The summed E-state index contributed by atoms with van der Waals surface area (Å²) in [7, 11) is -2.27. The molecule has 0 aromatic heterocycles. The number of carbonyl (C=O) groups excluding carboxylic acids is 1. The van der Waals surface area contributed by atoms with Gasteiger partial charge in [-0.1, -0.05) is 55.5 Å². The molecular formula is C29H35N3O5S. The Morgan fingerprint density at radius 1 is 1.13 bits per heavy atom. The normalized spacial score (nSPS) is 19.8. The highest BCUT2D eigenvalue weighted by Gasteiger charge is 2.38. The van der Waals surface area contributed by atoms with Gasteiger partial charge in [0.15, 0.2) is 0 Å². The van der Waals surface area contributed by atoms with Gasteiger partial charge in [0.25, 0.3) is 0 Å². The van der Waals surface area contributed by atoms with Crippen LogP contribution in [0.15, 0.2) is 77.7 Å². The molecule has 1 heterocycles. The van der Waals surface area contributed by atoms with Gasteiger partial charge in [0, 0.05) is 31.2 Å². The van der Waals surface area contributed by atoms with E-state index in [0.717, 1.165) is 16.7 Å². The molecule has 8 nitrogen and oxygen atoms in total. The molecule has 0 unspecified atom stereocenters. The number of aliphatic hydroxyl groups excluding tert-OH is 1. The summed E-state index contributed by atoms with van der Waals surface area (Å²) in [6.07, 6.45) is -0.503. The lowest BCUT2D eigenvalue weighted by atomic mass is 10.00. The third-order valence-corrected chi connectivity index (χ3v) is 8.97. The number of urea groups is 1. The molecule has 0 bridgehead atoms. The van der Waals surface area contributed by atoms with Crippen molar-refractivity contribution in [1.29, 1.82) is 0 Å². The number of anilines is 1. The van der Waals surface area contributed by atoms with Crippen molar-refractivity contribution < 1.29 is 23.1 Å². The molecule has 9 heteroatoms. The van der Waals surface area contributed by atoms with Crippen LogP contribution in [-0.2, 0) is 10.0 Å². The number of nitrogens with zero attached hydrogens (tertiary/aromatic N) is 2. The predicted molar refractivity (Wildman–Crippen MR) is 149 cm³/mol. The summed E-state index contributed by atoms with van der Waals surface area (Å²) in [6, 6.07) is 21.2. The van der Waals surface area contributed by atoms with Crippen molar-refractivity contribution >= 4 is 21.7 Å². The Hall–Kier alpha value is -3.40. The van der Waals surface area contributed by atoms with Gasteiger partial charge in [-0.05, 0) is 54.8 Å². The Balaban J connectivity index is 1.71. The molecule has 3 aromatic carbocycles. The van der Waals surface area contributed by atoms with Crippen LogP contribution in [0.2, 0.25) is 0 Å². The fourth-order valence-electron chi connectivity index (χ4n) is 4.60. The second kappa shape index (κ2) is 11.6. The summed E-state index contributed by atoms with van der Waals surface area (Å²) in [6.45, 7) is 5.64. The second-order valence-electron chi connectivity index (χ2n) is 9.89. The summed E-state index contributed by atoms with van der Waals surface area (Å²) in [4.78, 5) is 14.5. The van der Waals surface area contributed by atoms with E-state index in [1.807, 2.05) is 68.4 Å². The fraction of sp³-hybridized carbons (Fsp3) is 0.345. The first-order chi connectivity index (χ1) is 18.1. The number of ether oxygens (including phenoxy) is 1. The van der Waals surface area contributed by atoms with E-state index in [0.29, 0.717) is 5.69 Å². The maximum Gasteiger partial charge on any atom is 0.321 e. The van der Waals surface area contributed by atoms with Crippen molar-refractivity contribution in [2.45, 2.75) is 37.8 Å². The first kappa shape index (κ1) is 27.6. The van der Waals surface area contributed by atoms with Gasteiger partial charge >= 0.3 is 6.03 Å². The number of likely N-dealkylation sites (N-methyl/N-ethyl adjacent to an activating group) is 1. The Morgan fingerprint density at radius 3 is 2.50 bits per heavy atom. The van der Waals surface area contributed by atoms with Crippen molar-refractivity contribution in [2.24, 2.45) is 5.92 Å². The molecule has 202 valence electrons. The first-order valence-electron chi connectivity index (χ1n) is 12.7. The molecule has 0 saturated heterocycles. The number of carbonyl (C=O) groups is 1. The minimum absolute atomic E-state index is 0.0448.